The molecule has 0 spiro atoms. The van der Waals surface area contributed by atoms with Gasteiger partial charge in [0.05, 0.1) is 13.1 Å². The minimum Gasteiger partial charge on any atom is -0.355 e. The highest BCUT2D eigenvalue weighted by atomic mass is 16.2. The zero-order valence-corrected chi connectivity index (χ0v) is 17.2. The summed E-state index contributed by atoms with van der Waals surface area (Å²) < 4.78 is 0. The van der Waals surface area contributed by atoms with Crippen LogP contribution in [0.25, 0.3) is 0 Å². The van der Waals surface area contributed by atoms with Crippen LogP contribution in [-0.2, 0) is 20.8 Å². The van der Waals surface area contributed by atoms with Crippen molar-refractivity contribution in [3.05, 3.63) is 35.9 Å². The smallest absolute Gasteiger partial charge is 0.344 e. The summed E-state index contributed by atoms with van der Waals surface area (Å²) in [6, 6.07) is 9.00. The summed E-state index contributed by atoms with van der Waals surface area (Å²) in [5.41, 5.74) is 2.33. The Bertz CT molecular complexity index is 754. The number of likely N-dealkylation sites (N-methyl/N-ethyl adjacent to an activating group) is 2. The summed E-state index contributed by atoms with van der Waals surface area (Å²) in [5, 5.41) is 6.06. The van der Waals surface area contributed by atoms with Crippen molar-refractivity contribution < 1.29 is 19.2 Å². The lowest BCUT2D eigenvalue weighted by molar-refractivity contribution is -0.139. The number of aryl methyl sites for hydroxylation is 1. The monoisotopic (exact) mass is 403 g/mol. The summed E-state index contributed by atoms with van der Waals surface area (Å²) in [4.78, 5) is 50.7. The molecule has 0 saturated carbocycles. The summed E-state index contributed by atoms with van der Waals surface area (Å²) >= 11 is 0. The van der Waals surface area contributed by atoms with E-state index in [-0.39, 0.29) is 19.0 Å². The van der Waals surface area contributed by atoms with Gasteiger partial charge in [-0.25, -0.2) is 4.79 Å². The van der Waals surface area contributed by atoms with Gasteiger partial charge in [-0.3, -0.25) is 24.7 Å². The highest BCUT2D eigenvalue weighted by Gasteiger charge is 2.48. The van der Waals surface area contributed by atoms with Crippen LogP contribution in [0.15, 0.2) is 30.3 Å². The fraction of sp³-hybridized carbons (Fsp3) is 0.500. The SMILES string of the molecule is CCNC(=O)CN(CC)CC(=O)NN1C(=O)N[C@@](C)(CCc2ccccc2)C1=O. The maximum Gasteiger partial charge on any atom is 0.344 e. The van der Waals surface area contributed by atoms with E-state index in [0.29, 0.717) is 25.9 Å². The predicted octanol–water partition coefficient (Wildman–Crippen LogP) is 0.419. The molecule has 2 rings (SSSR count). The summed E-state index contributed by atoms with van der Waals surface area (Å²) in [6.45, 7) is 6.22. The molecule has 1 heterocycles. The van der Waals surface area contributed by atoms with E-state index in [1.54, 1.807) is 11.8 Å². The predicted molar refractivity (Wildman–Crippen MR) is 107 cm³/mol. The van der Waals surface area contributed by atoms with Crippen LogP contribution in [0.2, 0.25) is 0 Å². The molecule has 9 heteroatoms. The molecule has 1 saturated heterocycles. The molecule has 1 atom stereocenters. The Morgan fingerprint density at radius 2 is 1.76 bits per heavy atom. The number of carbonyl (C=O) groups is 4. The van der Waals surface area contributed by atoms with Crippen LogP contribution in [0.1, 0.15) is 32.8 Å². The van der Waals surface area contributed by atoms with Crippen LogP contribution in [0.4, 0.5) is 4.79 Å². The molecular weight excluding hydrogens is 374 g/mol. The van der Waals surface area contributed by atoms with Crippen molar-refractivity contribution in [1.82, 2.24) is 26.0 Å². The number of amides is 5. The van der Waals surface area contributed by atoms with E-state index < -0.39 is 23.4 Å². The van der Waals surface area contributed by atoms with E-state index in [0.717, 1.165) is 10.6 Å². The molecule has 0 aromatic heterocycles. The molecule has 1 aliphatic rings. The molecule has 3 N–H and O–H groups in total. The molecular formula is C20H29N5O4. The second kappa shape index (κ2) is 10.0. The first-order chi connectivity index (χ1) is 13.8. The number of nitrogens with one attached hydrogen (secondary N) is 3. The molecule has 0 bridgehead atoms. The number of carbonyl (C=O) groups excluding carboxylic acids is 4. The highest BCUT2D eigenvalue weighted by Crippen LogP contribution is 2.22. The number of benzene rings is 1. The number of hydrogen-bond donors (Lipinski definition) is 3. The Kier molecular flexibility index (Phi) is 7.72. The maximum atomic E-state index is 12.8. The van der Waals surface area contributed by atoms with E-state index in [1.165, 1.54) is 0 Å². The zero-order valence-electron chi connectivity index (χ0n) is 17.2. The molecule has 0 aliphatic carbocycles. The Hall–Kier alpha value is -2.94. The van der Waals surface area contributed by atoms with E-state index in [2.05, 4.69) is 16.1 Å². The lowest BCUT2D eigenvalue weighted by atomic mass is 9.93. The van der Waals surface area contributed by atoms with Gasteiger partial charge in [0.25, 0.3) is 11.8 Å². The first kappa shape index (κ1) is 22.4. The summed E-state index contributed by atoms with van der Waals surface area (Å²) in [7, 11) is 0. The fourth-order valence-corrected chi connectivity index (χ4v) is 3.09. The number of hydrazine groups is 1. The van der Waals surface area contributed by atoms with Crippen molar-refractivity contribution in [2.24, 2.45) is 0 Å². The lowest BCUT2D eigenvalue weighted by Crippen LogP contribution is -2.52. The molecule has 1 aromatic carbocycles. The van der Waals surface area contributed by atoms with Gasteiger partial charge in [-0.2, -0.15) is 5.01 Å². The largest absolute Gasteiger partial charge is 0.355 e. The van der Waals surface area contributed by atoms with Crippen LogP contribution in [-0.4, -0.2) is 65.4 Å². The number of imide groups is 1. The van der Waals surface area contributed by atoms with Crippen molar-refractivity contribution in [2.45, 2.75) is 39.2 Å². The van der Waals surface area contributed by atoms with Crippen molar-refractivity contribution in [2.75, 3.05) is 26.2 Å². The average molecular weight is 403 g/mol. The maximum absolute atomic E-state index is 12.8. The molecule has 9 nitrogen and oxygen atoms in total. The third-order valence-electron chi connectivity index (χ3n) is 4.81. The van der Waals surface area contributed by atoms with Gasteiger partial charge in [-0.1, -0.05) is 37.3 Å². The van der Waals surface area contributed by atoms with E-state index in [9.17, 15) is 19.2 Å². The average Bonchev–Trinajstić information content (AvgIpc) is 2.90. The Morgan fingerprint density at radius 3 is 2.38 bits per heavy atom. The van der Waals surface area contributed by atoms with Gasteiger partial charge in [0.15, 0.2) is 0 Å². The molecule has 158 valence electrons. The minimum atomic E-state index is -1.09. The fourth-order valence-electron chi connectivity index (χ4n) is 3.09. The summed E-state index contributed by atoms with van der Waals surface area (Å²) in [6.07, 6.45) is 1.02. The van der Waals surface area contributed by atoms with E-state index in [4.69, 9.17) is 0 Å². The van der Waals surface area contributed by atoms with Crippen LogP contribution >= 0.6 is 0 Å². The van der Waals surface area contributed by atoms with Crippen molar-refractivity contribution >= 4 is 23.8 Å². The van der Waals surface area contributed by atoms with Gasteiger partial charge in [-0.15, -0.1) is 0 Å². The molecule has 0 unspecified atom stereocenters. The van der Waals surface area contributed by atoms with Crippen LogP contribution < -0.4 is 16.1 Å². The van der Waals surface area contributed by atoms with Gasteiger partial charge in [0.1, 0.15) is 5.54 Å². The van der Waals surface area contributed by atoms with Gasteiger partial charge in [0, 0.05) is 6.54 Å². The molecule has 0 radical (unpaired) electrons. The molecule has 1 fully saturated rings. The van der Waals surface area contributed by atoms with Gasteiger partial charge >= 0.3 is 6.03 Å². The first-order valence-electron chi connectivity index (χ1n) is 9.78. The first-order valence-corrected chi connectivity index (χ1v) is 9.78. The molecule has 1 aliphatic heterocycles. The van der Waals surface area contributed by atoms with Crippen molar-refractivity contribution in [1.29, 1.82) is 0 Å². The number of rotatable bonds is 10. The molecule has 29 heavy (non-hydrogen) atoms. The van der Waals surface area contributed by atoms with E-state index >= 15 is 0 Å². The van der Waals surface area contributed by atoms with Crippen LogP contribution in [0.3, 0.4) is 0 Å². The molecule has 1 aromatic rings. The third-order valence-corrected chi connectivity index (χ3v) is 4.81. The third kappa shape index (κ3) is 6.02. The highest BCUT2D eigenvalue weighted by molar-refractivity contribution is 6.07. The number of urea groups is 1. The second-order valence-corrected chi connectivity index (χ2v) is 7.18. The standard InChI is InChI=1S/C20H29N5O4/c1-4-21-16(26)13-24(5-2)14-17(27)23-25-18(28)20(3,22-19(25)29)12-11-15-9-7-6-8-10-15/h6-10H,4-5,11-14H2,1-3H3,(H,21,26)(H,22,29)(H,23,27)/t20-/m0/s1. The number of nitrogens with zero attached hydrogens (tertiary/aromatic N) is 2. The minimum absolute atomic E-state index is 0.0622. The normalized spacial score (nSPS) is 18.7. The van der Waals surface area contributed by atoms with Gasteiger partial charge < -0.3 is 10.6 Å². The van der Waals surface area contributed by atoms with Crippen molar-refractivity contribution in [3.8, 4) is 0 Å². The van der Waals surface area contributed by atoms with Crippen LogP contribution in [0, 0.1) is 0 Å². The quantitative estimate of drug-likeness (QED) is 0.491. The van der Waals surface area contributed by atoms with Crippen molar-refractivity contribution in [3.63, 3.8) is 0 Å². The second-order valence-electron chi connectivity index (χ2n) is 7.18. The topological polar surface area (TPSA) is 111 Å². The Labute approximate surface area is 170 Å². The summed E-state index contributed by atoms with van der Waals surface area (Å²) in [5.74, 6) is -1.23. The van der Waals surface area contributed by atoms with Crippen LogP contribution in [0.5, 0.6) is 0 Å². The van der Waals surface area contributed by atoms with E-state index in [1.807, 2.05) is 44.2 Å². The van der Waals surface area contributed by atoms with Gasteiger partial charge in [0.2, 0.25) is 5.91 Å². The molecule has 5 amide bonds. The Morgan fingerprint density at radius 1 is 1.10 bits per heavy atom. The number of hydrogen-bond acceptors (Lipinski definition) is 5. The lowest BCUT2D eigenvalue weighted by Gasteiger charge is -2.23. The Balaban J connectivity index is 1.92. The van der Waals surface area contributed by atoms with Gasteiger partial charge in [-0.05, 0) is 38.8 Å². The zero-order chi connectivity index (χ0) is 21.4.